The lowest BCUT2D eigenvalue weighted by Crippen LogP contribution is -2.47. The molecule has 1 aromatic heterocycles. The van der Waals surface area contributed by atoms with Gasteiger partial charge in [0.15, 0.2) is 0 Å². The van der Waals surface area contributed by atoms with Crippen LogP contribution in [0.25, 0.3) is 16.8 Å². The van der Waals surface area contributed by atoms with Gasteiger partial charge in [-0.05, 0) is 68.5 Å². The standard InChI is InChI=1S/C30H34FN3O3/c1-4-23(30(35)36-3)24-12-11-22(19-20(24)2)34-17-15-33(16-18-34)14-13-26-28(25-7-5-6-8-27(25)31)32-37-29(26)21-9-10-21/h4-8,11-12,19,21H,9-10,13-18H2,1-3H3/b23-4+. The van der Waals surface area contributed by atoms with E-state index in [2.05, 4.69) is 27.1 Å². The monoisotopic (exact) mass is 503 g/mol. The van der Waals surface area contributed by atoms with Crippen LogP contribution in [0.4, 0.5) is 10.1 Å². The molecular formula is C30H34FN3O3. The molecule has 2 aromatic carbocycles. The Hall–Kier alpha value is -3.45. The first-order chi connectivity index (χ1) is 18.0. The fourth-order valence-corrected chi connectivity index (χ4v) is 5.23. The Morgan fingerprint density at radius 2 is 1.92 bits per heavy atom. The van der Waals surface area contributed by atoms with Gasteiger partial charge in [-0.15, -0.1) is 0 Å². The first-order valence-electron chi connectivity index (χ1n) is 13.1. The van der Waals surface area contributed by atoms with Crippen molar-refractivity contribution in [1.29, 1.82) is 0 Å². The molecule has 0 atom stereocenters. The molecule has 1 aliphatic carbocycles. The van der Waals surface area contributed by atoms with Gasteiger partial charge < -0.3 is 14.2 Å². The molecule has 37 heavy (non-hydrogen) atoms. The Morgan fingerprint density at radius 3 is 2.57 bits per heavy atom. The van der Waals surface area contributed by atoms with E-state index in [1.165, 1.54) is 13.2 Å². The molecule has 1 saturated heterocycles. The van der Waals surface area contributed by atoms with E-state index in [4.69, 9.17) is 9.26 Å². The minimum Gasteiger partial charge on any atom is -0.465 e. The molecule has 0 unspecified atom stereocenters. The smallest absolute Gasteiger partial charge is 0.338 e. The zero-order valence-electron chi connectivity index (χ0n) is 21.8. The minimum absolute atomic E-state index is 0.262. The number of esters is 1. The second kappa shape index (κ2) is 10.9. The molecule has 1 aliphatic heterocycles. The van der Waals surface area contributed by atoms with Crippen LogP contribution >= 0.6 is 0 Å². The number of carbonyl (C=O) groups is 1. The molecule has 6 nitrogen and oxygen atoms in total. The fraction of sp³-hybridized carbons (Fsp3) is 0.400. The van der Waals surface area contributed by atoms with Crippen molar-refractivity contribution in [3.8, 4) is 11.3 Å². The molecule has 0 N–H and O–H groups in total. The van der Waals surface area contributed by atoms with Crippen LogP contribution in [-0.4, -0.2) is 55.9 Å². The van der Waals surface area contributed by atoms with E-state index in [0.29, 0.717) is 22.7 Å². The van der Waals surface area contributed by atoms with Gasteiger partial charge in [-0.1, -0.05) is 29.4 Å². The molecule has 2 fully saturated rings. The molecule has 7 heteroatoms. The molecule has 0 amide bonds. The molecule has 0 radical (unpaired) electrons. The summed E-state index contributed by atoms with van der Waals surface area (Å²) >= 11 is 0. The summed E-state index contributed by atoms with van der Waals surface area (Å²) in [7, 11) is 1.41. The Bertz CT molecular complexity index is 1300. The van der Waals surface area contributed by atoms with Crippen molar-refractivity contribution < 1.29 is 18.4 Å². The SMILES string of the molecule is C/C=C(/C(=O)OC)c1ccc(N2CCN(CCc3c(-c4ccccc4F)noc3C3CC3)CC2)cc1C. The number of allylic oxidation sites excluding steroid dienone is 1. The van der Waals surface area contributed by atoms with Gasteiger partial charge >= 0.3 is 5.97 Å². The summed E-state index contributed by atoms with van der Waals surface area (Å²) in [5, 5.41) is 4.30. The predicted molar refractivity (Wildman–Crippen MR) is 143 cm³/mol. The maximum atomic E-state index is 14.5. The van der Waals surface area contributed by atoms with E-state index in [0.717, 1.165) is 80.1 Å². The lowest BCUT2D eigenvalue weighted by Gasteiger charge is -2.36. The quantitative estimate of drug-likeness (QED) is 0.294. The number of nitrogens with zero attached hydrogens (tertiary/aromatic N) is 3. The largest absolute Gasteiger partial charge is 0.465 e. The Balaban J connectivity index is 1.23. The zero-order valence-corrected chi connectivity index (χ0v) is 21.8. The third-order valence-corrected chi connectivity index (χ3v) is 7.51. The Labute approximate surface area is 217 Å². The second-order valence-electron chi connectivity index (χ2n) is 9.90. The number of rotatable bonds is 8. The average molecular weight is 504 g/mol. The van der Waals surface area contributed by atoms with Crippen LogP contribution in [-0.2, 0) is 16.0 Å². The summed E-state index contributed by atoms with van der Waals surface area (Å²) in [4.78, 5) is 17.0. The normalized spacial score (nSPS) is 16.8. The summed E-state index contributed by atoms with van der Waals surface area (Å²) in [5.74, 6) is 0.790. The molecule has 2 heterocycles. The van der Waals surface area contributed by atoms with Gasteiger partial charge in [0.2, 0.25) is 0 Å². The van der Waals surface area contributed by atoms with Crippen molar-refractivity contribution in [2.45, 2.75) is 39.0 Å². The van der Waals surface area contributed by atoms with Crippen LogP contribution in [0.2, 0.25) is 0 Å². The number of anilines is 1. The van der Waals surface area contributed by atoms with E-state index >= 15 is 0 Å². The number of hydrogen-bond donors (Lipinski definition) is 0. The number of ether oxygens (including phenoxy) is 1. The highest BCUT2D eigenvalue weighted by molar-refractivity contribution is 6.16. The van der Waals surface area contributed by atoms with E-state index in [9.17, 15) is 9.18 Å². The Kier molecular flexibility index (Phi) is 7.42. The van der Waals surface area contributed by atoms with Crippen molar-refractivity contribution in [2.24, 2.45) is 0 Å². The lowest BCUT2D eigenvalue weighted by molar-refractivity contribution is -0.133. The van der Waals surface area contributed by atoms with Gasteiger partial charge in [0, 0.05) is 55.5 Å². The highest BCUT2D eigenvalue weighted by Gasteiger charge is 2.33. The number of carbonyl (C=O) groups excluding carboxylic acids is 1. The molecule has 1 saturated carbocycles. The number of methoxy groups -OCH3 is 1. The fourth-order valence-electron chi connectivity index (χ4n) is 5.23. The highest BCUT2D eigenvalue weighted by Crippen LogP contribution is 2.44. The maximum Gasteiger partial charge on any atom is 0.338 e. The third-order valence-electron chi connectivity index (χ3n) is 7.51. The first kappa shape index (κ1) is 25.2. The summed E-state index contributed by atoms with van der Waals surface area (Å²) in [5.41, 5.74) is 5.95. The van der Waals surface area contributed by atoms with Crippen molar-refractivity contribution in [1.82, 2.24) is 10.1 Å². The van der Waals surface area contributed by atoms with Gasteiger partial charge in [0.1, 0.15) is 17.3 Å². The summed E-state index contributed by atoms with van der Waals surface area (Å²) in [6.45, 7) is 8.51. The molecule has 0 bridgehead atoms. The molecule has 0 spiro atoms. The van der Waals surface area contributed by atoms with Crippen LogP contribution in [0.5, 0.6) is 0 Å². The minimum atomic E-state index is -0.317. The molecule has 2 aliphatic rings. The lowest BCUT2D eigenvalue weighted by atomic mass is 9.99. The molecule has 5 rings (SSSR count). The van der Waals surface area contributed by atoms with Gasteiger partial charge in [0.05, 0.1) is 12.7 Å². The zero-order chi connectivity index (χ0) is 25.9. The van der Waals surface area contributed by atoms with Crippen LogP contribution in [0.15, 0.2) is 53.1 Å². The molecule has 3 aromatic rings. The first-order valence-corrected chi connectivity index (χ1v) is 13.1. The van der Waals surface area contributed by atoms with E-state index in [1.807, 2.05) is 26.0 Å². The Morgan fingerprint density at radius 1 is 1.16 bits per heavy atom. The highest BCUT2D eigenvalue weighted by atomic mass is 19.1. The van der Waals surface area contributed by atoms with Crippen LogP contribution in [0, 0.1) is 12.7 Å². The number of benzene rings is 2. The number of aryl methyl sites for hydroxylation is 1. The summed E-state index contributed by atoms with van der Waals surface area (Å²) in [6.07, 6.45) is 4.83. The van der Waals surface area contributed by atoms with Crippen molar-refractivity contribution >= 4 is 17.2 Å². The van der Waals surface area contributed by atoms with Crippen molar-refractivity contribution in [2.75, 3.05) is 44.7 Å². The number of halogens is 1. The maximum absolute atomic E-state index is 14.5. The number of aromatic nitrogens is 1. The van der Waals surface area contributed by atoms with Gasteiger partial charge in [-0.3, -0.25) is 4.90 Å². The van der Waals surface area contributed by atoms with Crippen LogP contribution < -0.4 is 4.90 Å². The second-order valence-corrected chi connectivity index (χ2v) is 9.90. The summed E-state index contributed by atoms with van der Waals surface area (Å²) < 4.78 is 25.2. The average Bonchev–Trinajstić information content (AvgIpc) is 3.68. The van der Waals surface area contributed by atoms with Gasteiger partial charge in [-0.2, -0.15) is 0 Å². The molecule has 194 valence electrons. The van der Waals surface area contributed by atoms with E-state index in [1.54, 1.807) is 18.2 Å². The van der Waals surface area contributed by atoms with Crippen LogP contribution in [0.1, 0.15) is 48.1 Å². The van der Waals surface area contributed by atoms with Crippen molar-refractivity contribution in [3.05, 3.63) is 76.8 Å². The predicted octanol–water partition coefficient (Wildman–Crippen LogP) is 5.61. The third kappa shape index (κ3) is 5.32. The van der Waals surface area contributed by atoms with Crippen LogP contribution in [0.3, 0.4) is 0 Å². The summed E-state index contributed by atoms with van der Waals surface area (Å²) in [6, 6.07) is 13.1. The number of hydrogen-bond acceptors (Lipinski definition) is 6. The topological polar surface area (TPSA) is 58.8 Å². The van der Waals surface area contributed by atoms with E-state index < -0.39 is 0 Å². The van der Waals surface area contributed by atoms with Gasteiger partial charge in [-0.25, -0.2) is 9.18 Å². The van der Waals surface area contributed by atoms with Gasteiger partial charge in [0.25, 0.3) is 0 Å². The van der Waals surface area contributed by atoms with Crippen molar-refractivity contribution in [3.63, 3.8) is 0 Å². The van der Waals surface area contributed by atoms with E-state index in [-0.39, 0.29) is 11.8 Å². The number of piperazine rings is 1. The molecular weight excluding hydrogens is 469 g/mol.